The topological polar surface area (TPSA) is 46.3 Å². The number of ketones is 1. The monoisotopic (exact) mass is 250 g/mol. The van der Waals surface area contributed by atoms with Crippen molar-refractivity contribution in [2.24, 2.45) is 0 Å². The van der Waals surface area contributed by atoms with Gasteiger partial charge in [0.25, 0.3) is 0 Å². The number of benzene rings is 1. The van der Waals surface area contributed by atoms with Gasteiger partial charge in [-0.3, -0.25) is 4.79 Å². The van der Waals surface area contributed by atoms with Crippen molar-refractivity contribution in [1.82, 2.24) is 4.90 Å². The molecule has 0 aliphatic heterocycles. The molecule has 3 nitrogen and oxygen atoms in total. The Kier molecular flexibility index (Phi) is 8.93. The van der Waals surface area contributed by atoms with Gasteiger partial charge in [0.05, 0.1) is 0 Å². The highest BCUT2D eigenvalue weighted by molar-refractivity contribution is 5.94. The summed E-state index contributed by atoms with van der Waals surface area (Å²) in [6, 6.07) is 6.88. The van der Waals surface area contributed by atoms with E-state index in [2.05, 4.69) is 25.7 Å². The van der Waals surface area contributed by atoms with Gasteiger partial charge in [0.1, 0.15) is 0 Å². The highest BCUT2D eigenvalue weighted by Crippen LogP contribution is 2.05. The van der Waals surface area contributed by atoms with Crippen LogP contribution in [0.5, 0.6) is 0 Å². The number of hydrogen-bond donors (Lipinski definition) is 1. The Balaban J connectivity index is 0.000000331. The molecule has 1 rings (SSSR count). The van der Waals surface area contributed by atoms with Gasteiger partial charge in [0, 0.05) is 11.3 Å². The van der Waals surface area contributed by atoms with E-state index in [0.717, 1.165) is 0 Å². The van der Waals surface area contributed by atoms with Gasteiger partial charge >= 0.3 is 0 Å². The van der Waals surface area contributed by atoms with E-state index in [0.29, 0.717) is 11.3 Å². The average Bonchev–Trinajstić information content (AvgIpc) is 2.37. The summed E-state index contributed by atoms with van der Waals surface area (Å²) in [7, 11) is 0. The van der Waals surface area contributed by atoms with Gasteiger partial charge in [-0.2, -0.15) is 0 Å². The summed E-state index contributed by atoms with van der Waals surface area (Å²) < 4.78 is 0. The second kappa shape index (κ2) is 9.66. The molecule has 0 amide bonds. The molecule has 0 fully saturated rings. The number of nitrogens with two attached hydrogens (primary N) is 1. The molecule has 0 saturated heterocycles. The average molecular weight is 250 g/mol. The number of carbonyl (C=O) groups excluding carboxylic acids is 1. The summed E-state index contributed by atoms with van der Waals surface area (Å²) in [6.45, 7) is 11.8. The third-order valence-electron chi connectivity index (χ3n) is 2.75. The second-order valence-corrected chi connectivity index (χ2v) is 4.21. The highest BCUT2D eigenvalue weighted by Gasteiger charge is 1.95. The Morgan fingerprint density at radius 1 is 1.11 bits per heavy atom. The van der Waals surface area contributed by atoms with Crippen molar-refractivity contribution in [2.45, 2.75) is 34.1 Å². The van der Waals surface area contributed by atoms with Gasteiger partial charge in [-0.25, -0.2) is 0 Å². The first kappa shape index (κ1) is 16.6. The zero-order chi connectivity index (χ0) is 14.0. The molecule has 0 unspecified atom stereocenters. The summed E-state index contributed by atoms with van der Waals surface area (Å²) in [5.41, 5.74) is 6.80. The molecule has 1 aromatic carbocycles. The van der Waals surface area contributed by atoms with E-state index in [1.807, 2.05) is 0 Å². The number of hydrogen-bond acceptors (Lipinski definition) is 3. The van der Waals surface area contributed by atoms with Gasteiger partial charge in [-0.1, -0.05) is 20.8 Å². The smallest absolute Gasteiger partial charge is 0.159 e. The van der Waals surface area contributed by atoms with Crippen LogP contribution in [-0.4, -0.2) is 30.3 Å². The van der Waals surface area contributed by atoms with Crippen molar-refractivity contribution in [3.63, 3.8) is 0 Å². The van der Waals surface area contributed by atoms with E-state index in [1.54, 1.807) is 24.3 Å². The molecule has 0 heterocycles. The van der Waals surface area contributed by atoms with Crippen LogP contribution < -0.4 is 5.73 Å². The van der Waals surface area contributed by atoms with Crippen LogP contribution in [0.3, 0.4) is 0 Å². The second-order valence-electron chi connectivity index (χ2n) is 4.21. The Morgan fingerprint density at radius 3 is 1.89 bits per heavy atom. The first-order valence-corrected chi connectivity index (χ1v) is 6.63. The third-order valence-corrected chi connectivity index (χ3v) is 2.75. The van der Waals surface area contributed by atoms with E-state index < -0.39 is 0 Å². The molecule has 102 valence electrons. The summed E-state index contributed by atoms with van der Waals surface area (Å²) in [4.78, 5) is 13.1. The molecule has 0 bridgehead atoms. The van der Waals surface area contributed by atoms with Crippen molar-refractivity contribution in [3.05, 3.63) is 29.8 Å². The quantitative estimate of drug-likeness (QED) is 0.644. The van der Waals surface area contributed by atoms with Crippen LogP contribution in [0.2, 0.25) is 0 Å². The maximum absolute atomic E-state index is 10.7. The third kappa shape index (κ3) is 7.07. The van der Waals surface area contributed by atoms with Crippen molar-refractivity contribution in [3.8, 4) is 0 Å². The number of nitrogen functional groups attached to an aromatic ring is 1. The SMILES string of the molecule is CC(=O)c1ccc(N)cc1.CCCN(CC)CC. The molecule has 0 radical (unpaired) electrons. The molecule has 1 aromatic rings. The Labute approximate surface area is 111 Å². The molecule has 0 aliphatic carbocycles. The van der Waals surface area contributed by atoms with Crippen LogP contribution in [0.25, 0.3) is 0 Å². The molecular weight excluding hydrogens is 224 g/mol. The van der Waals surface area contributed by atoms with Gasteiger partial charge in [0.2, 0.25) is 0 Å². The number of rotatable bonds is 5. The van der Waals surface area contributed by atoms with E-state index in [4.69, 9.17) is 5.73 Å². The van der Waals surface area contributed by atoms with Gasteiger partial charge < -0.3 is 10.6 Å². The number of Topliss-reactive ketones (excluding diaryl/α,β-unsaturated/α-hetero) is 1. The molecule has 0 aromatic heterocycles. The van der Waals surface area contributed by atoms with Crippen LogP contribution in [0.15, 0.2) is 24.3 Å². The lowest BCUT2D eigenvalue weighted by molar-refractivity contribution is 0.101. The largest absolute Gasteiger partial charge is 0.399 e. The lowest BCUT2D eigenvalue weighted by Gasteiger charge is -2.15. The predicted octanol–water partition coefficient (Wildman–Crippen LogP) is 3.21. The van der Waals surface area contributed by atoms with E-state index in [-0.39, 0.29) is 5.78 Å². The van der Waals surface area contributed by atoms with Crippen molar-refractivity contribution >= 4 is 11.5 Å². The Bertz CT molecular complexity index is 329. The van der Waals surface area contributed by atoms with Crippen molar-refractivity contribution < 1.29 is 4.79 Å². The fraction of sp³-hybridized carbons (Fsp3) is 0.533. The maximum atomic E-state index is 10.7. The summed E-state index contributed by atoms with van der Waals surface area (Å²) >= 11 is 0. The van der Waals surface area contributed by atoms with Crippen LogP contribution in [0.1, 0.15) is 44.5 Å². The lowest BCUT2D eigenvalue weighted by atomic mass is 10.1. The lowest BCUT2D eigenvalue weighted by Crippen LogP contribution is -2.23. The minimum absolute atomic E-state index is 0.0694. The molecule has 0 atom stereocenters. The standard InChI is InChI=1S/C8H9NO.C7H17N/c1-6(10)7-2-4-8(9)5-3-7;1-4-7-8(5-2)6-3/h2-5H,9H2,1H3;4-7H2,1-3H3. The predicted molar refractivity (Wildman–Crippen MR) is 78.9 cm³/mol. The molecule has 0 spiro atoms. The molecule has 3 heteroatoms. The normalized spacial score (nSPS) is 9.83. The van der Waals surface area contributed by atoms with Crippen molar-refractivity contribution in [1.29, 1.82) is 0 Å². The number of nitrogens with zero attached hydrogens (tertiary/aromatic N) is 1. The number of carbonyl (C=O) groups is 1. The summed E-state index contributed by atoms with van der Waals surface area (Å²) in [6.07, 6.45) is 1.28. The Morgan fingerprint density at radius 2 is 1.61 bits per heavy atom. The fourth-order valence-electron chi connectivity index (χ4n) is 1.57. The van der Waals surface area contributed by atoms with E-state index in [9.17, 15) is 4.79 Å². The van der Waals surface area contributed by atoms with Crippen molar-refractivity contribution in [2.75, 3.05) is 25.4 Å². The van der Waals surface area contributed by atoms with Gasteiger partial charge in [0.15, 0.2) is 5.78 Å². The summed E-state index contributed by atoms with van der Waals surface area (Å²) in [5, 5.41) is 0. The minimum atomic E-state index is 0.0694. The molecule has 18 heavy (non-hydrogen) atoms. The van der Waals surface area contributed by atoms with Crippen LogP contribution >= 0.6 is 0 Å². The first-order valence-electron chi connectivity index (χ1n) is 6.63. The zero-order valence-electron chi connectivity index (χ0n) is 12.1. The van der Waals surface area contributed by atoms with Crippen LogP contribution in [0, 0.1) is 0 Å². The first-order chi connectivity index (χ1) is 8.54. The van der Waals surface area contributed by atoms with Crippen LogP contribution in [-0.2, 0) is 0 Å². The molecule has 0 saturated carbocycles. The summed E-state index contributed by atoms with van der Waals surface area (Å²) in [5.74, 6) is 0.0694. The highest BCUT2D eigenvalue weighted by atomic mass is 16.1. The van der Waals surface area contributed by atoms with Gasteiger partial charge in [-0.15, -0.1) is 0 Å². The molecular formula is C15H26N2O. The van der Waals surface area contributed by atoms with Gasteiger partial charge in [-0.05, 0) is 57.2 Å². The van der Waals surface area contributed by atoms with Crippen LogP contribution in [0.4, 0.5) is 5.69 Å². The van der Waals surface area contributed by atoms with E-state index >= 15 is 0 Å². The molecule has 0 aliphatic rings. The molecule has 2 N–H and O–H groups in total. The maximum Gasteiger partial charge on any atom is 0.159 e. The Hall–Kier alpha value is -1.35. The fourth-order valence-corrected chi connectivity index (χ4v) is 1.57. The van der Waals surface area contributed by atoms with E-state index in [1.165, 1.54) is 33.0 Å². The number of anilines is 1. The minimum Gasteiger partial charge on any atom is -0.399 e. The zero-order valence-corrected chi connectivity index (χ0v) is 12.1.